The number of rotatable bonds is 9. The Morgan fingerprint density at radius 1 is 1.25 bits per heavy atom. The van der Waals surface area contributed by atoms with Crippen LogP contribution in [-0.2, 0) is 10.0 Å². The molecule has 1 heterocycles. The molecule has 0 aromatic heterocycles. The van der Waals surface area contributed by atoms with E-state index in [1.54, 1.807) is 23.2 Å². The van der Waals surface area contributed by atoms with Crippen LogP contribution in [0.5, 0.6) is 11.5 Å². The van der Waals surface area contributed by atoms with E-state index in [0.717, 1.165) is 17.2 Å². The van der Waals surface area contributed by atoms with E-state index in [2.05, 4.69) is 15.6 Å². The number of thioether (sulfide) groups is 1. The van der Waals surface area contributed by atoms with Crippen LogP contribution < -0.4 is 20.1 Å². The van der Waals surface area contributed by atoms with Gasteiger partial charge in [0.25, 0.3) is 0 Å². The second kappa shape index (κ2) is 11.4. The molecule has 1 aromatic carbocycles. The summed E-state index contributed by atoms with van der Waals surface area (Å²) in [6.45, 7) is 6.42. The van der Waals surface area contributed by atoms with Crippen LogP contribution in [0.2, 0.25) is 0 Å². The third-order valence-corrected chi connectivity index (χ3v) is 6.85. The quantitative estimate of drug-likeness (QED) is 0.456. The molecule has 28 heavy (non-hydrogen) atoms. The number of hydrogen-bond acceptors (Lipinski definition) is 6. The zero-order valence-electron chi connectivity index (χ0n) is 16.7. The van der Waals surface area contributed by atoms with E-state index >= 15 is 0 Å². The number of hydrogen-bond donors (Lipinski definition) is 2. The minimum atomic E-state index is -3.27. The molecule has 10 heteroatoms. The molecule has 1 saturated heterocycles. The zero-order valence-corrected chi connectivity index (χ0v) is 18.4. The van der Waals surface area contributed by atoms with Crippen molar-refractivity contribution in [1.82, 2.24) is 9.62 Å². The maximum absolute atomic E-state index is 12.4. The summed E-state index contributed by atoms with van der Waals surface area (Å²) in [6, 6.07) is 5.50. The van der Waals surface area contributed by atoms with E-state index < -0.39 is 10.0 Å². The Morgan fingerprint density at radius 2 is 2.00 bits per heavy atom. The Labute approximate surface area is 172 Å². The molecule has 0 atom stereocenters. The molecule has 8 nitrogen and oxygen atoms in total. The molecule has 2 rings (SSSR count). The summed E-state index contributed by atoms with van der Waals surface area (Å²) >= 11 is 1.79. The second-order valence-electron chi connectivity index (χ2n) is 6.01. The summed E-state index contributed by atoms with van der Waals surface area (Å²) in [5.41, 5.74) is 0.778. The minimum absolute atomic E-state index is 0.00104. The molecular formula is C18H30N4O4S2. The highest BCUT2D eigenvalue weighted by Gasteiger charge is 2.23. The van der Waals surface area contributed by atoms with Crippen LogP contribution >= 0.6 is 11.8 Å². The van der Waals surface area contributed by atoms with E-state index in [4.69, 9.17) is 9.47 Å². The van der Waals surface area contributed by atoms with Gasteiger partial charge in [0.05, 0.1) is 26.0 Å². The van der Waals surface area contributed by atoms with Gasteiger partial charge < -0.3 is 20.1 Å². The van der Waals surface area contributed by atoms with Crippen LogP contribution in [0.4, 0.5) is 5.69 Å². The average molecular weight is 431 g/mol. The lowest BCUT2D eigenvalue weighted by molar-refractivity contribution is 0.311. The number of benzene rings is 1. The highest BCUT2D eigenvalue weighted by molar-refractivity contribution is 7.99. The molecule has 1 aliphatic heterocycles. The molecule has 158 valence electrons. The molecular weight excluding hydrogens is 400 g/mol. The maximum atomic E-state index is 12.4. The Hall–Kier alpha value is -1.65. The molecule has 0 unspecified atom stereocenters. The third kappa shape index (κ3) is 6.75. The molecule has 1 aliphatic rings. The molecule has 0 bridgehead atoms. The fraction of sp³-hybridized carbons (Fsp3) is 0.611. The fourth-order valence-electron chi connectivity index (χ4n) is 2.69. The predicted octanol–water partition coefficient (Wildman–Crippen LogP) is 1.85. The van der Waals surface area contributed by atoms with Gasteiger partial charge in [-0.15, -0.1) is 0 Å². The Bertz CT molecular complexity index is 750. The molecule has 1 fully saturated rings. The summed E-state index contributed by atoms with van der Waals surface area (Å²) in [7, 11) is -1.67. The molecule has 0 aliphatic carbocycles. The number of anilines is 1. The van der Waals surface area contributed by atoms with Gasteiger partial charge in [-0.3, -0.25) is 4.99 Å². The van der Waals surface area contributed by atoms with Gasteiger partial charge in [0.1, 0.15) is 0 Å². The van der Waals surface area contributed by atoms with Crippen molar-refractivity contribution >= 4 is 33.4 Å². The lowest BCUT2D eigenvalue weighted by atomic mass is 10.2. The van der Waals surface area contributed by atoms with Crippen LogP contribution in [0.25, 0.3) is 0 Å². The van der Waals surface area contributed by atoms with E-state index in [0.29, 0.717) is 43.7 Å². The first-order chi connectivity index (χ1) is 13.5. The number of nitrogens with one attached hydrogen (secondary N) is 2. The highest BCUT2D eigenvalue weighted by Crippen LogP contribution is 2.30. The summed E-state index contributed by atoms with van der Waals surface area (Å²) in [4.78, 5) is 4.42. The van der Waals surface area contributed by atoms with Crippen LogP contribution in [-0.4, -0.2) is 75.8 Å². The first-order valence-electron chi connectivity index (χ1n) is 9.42. The van der Waals surface area contributed by atoms with Gasteiger partial charge in [0, 0.05) is 42.9 Å². The topological polar surface area (TPSA) is 92.3 Å². The molecule has 1 aromatic rings. The van der Waals surface area contributed by atoms with Crippen molar-refractivity contribution in [2.45, 2.75) is 13.8 Å². The Morgan fingerprint density at radius 3 is 2.64 bits per heavy atom. The van der Waals surface area contributed by atoms with Crippen molar-refractivity contribution in [2.24, 2.45) is 4.99 Å². The first-order valence-corrected chi connectivity index (χ1v) is 12.2. The first kappa shape index (κ1) is 22.6. The van der Waals surface area contributed by atoms with Crippen molar-refractivity contribution in [1.29, 1.82) is 0 Å². The number of ether oxygens (including phenoxy) is 2. The van der Waals surface area contributed by atoms with Crippen LogP contribution in [0.15, 0.2) is 23.2 Å². The maximum Gasteiger partial charge on any atom is 0.215 e. The number of sulfonamides is 1. The fourth-order valence-corrected chi connectivity index (χ4v) is 5.15. The van der Waals surface area contributed by atoms with Gasteiger partial charge in [0.15, 0.2) is 17.5 Å². The summed E-state index contributed by atoms with van der Waals surface area (Å²) in [5.74, 6) is 3.52. The summed E-state index contributed by atoms with van der Waals surface area (Å²) in [5, 5.41) is 6.32. The van der Waals surface area contributed by atoms with Crippen molar-refractivity contribution < 1.29 is 17.9 Å². The molecule has 0 amide bonds. The number of nitrogens with zero attached hydrogens (tertiary/aromatic N) is 2. The van der Waals surface area contributed by atoms with Crippen molar-refractivity contribution in [3.05, 3.63) is 18.2 Å². The summed E-state index contributed by atoms with van der Waals surface area (Å²) < 4.78 is 37.3. The SMILES string of the molecule is CCNC(=NCCS(=O)(=O)N1CCSCC1)Nc1ccc(OC)c(OCC)c1. The number of methoxy groups -OCH3 is 1. The van der Waals surface area contributed by atoms with Crippen molar-refractivity contribution in [2.75, 3.05) is 62.5 Å². The number of guanidine groups is 1. The van der Waals surface area contributed by atoms with Crippen LogP contribution in [0.1, 0.15) is 13.8 Å². The van der Waals surface area contributed by atoms with Crippen LogP contribution in [0.3, 0.4) is 0 Å². The van der Waals surface area contributed by atoms with Gasteiger partial charge in [-0.2, -0.15) is 11.8 Å². The van der Waals surface area contributed by atoms with E-state index in [9.17, 15) is 8.42 Å². The van der Waals surface area contributed by atoms with Crippen molar-refractivity contribution in [3.8, 4) is 11.5 Å². The van der Waals surface area contributed by atoms with Crippen molar-refractivity contribution in [3.63, 3.8) is 0 Å². The summed E-state index contributed by atoms with van der Waals surface area (Å²) in [6.07, 6.45) is 0. The van der Waals surface area contributed by atoms with E-state index in [-0.39, 0.29) is 12.3 Å². The molecule has 0 radical (unpaired) electrons. The largest absolute Gasteiger partial charge is 0.493 e. The van der Waals surface area contributed by atoms with Gasteiger partial charge in [0.2, 0.25) is 10.0 Å². The van der Waals surface area contributed by atoms with Gasteiger partial charge in [-0.1, -0.05) is 0 Å². The van der Waals surface area contributed by atoms with Gasteiger partial charge >= 0.3 is 0 Å². The highest BCUT2D eigenvalue weighted by atomic mass is 32.2. The lowest BCUT2D eigenvalue weighted by Gasteiger charge is -2.25. The molecule has 0 saturated carbocycles. The third-order valence-electron chi connectivity index (χ3n) is 4.05. The monoisotopic (exact) mass is 430 g/mol. The van der Waals surface area contributed by atoms with Crippen LogP contribution in [0, 0.1) is 0 Å². The van der Waals surface area contributed by atoms with Gasteiger partial charge in [-0.05, 0) is 26.0 Å². The standard InChI is InChI=1S/C18H30N4O4S2/c1-4-19-18(20-8-13-28(23,24)22-9-11-27-12-10-22)21-15-6-7-16(25-3)17(14-15)26-5-2/h6-7,14H,4-5,8-13H2,1-3H3,(H2,19,20,21). The zero-order chi connectivity index (χ0) is 20.4. The smallest absolute Gasteiger partial charge is 0.215 e. The normalized spacial score (nSPS) is 15.9. The predicted molar refractivity (Wildman–Crippen MR) is 116 cm³/mol. The Balaban J connectivity index is 2.03. The molecule has 2 N–H and O–H groups in total. The van der Waals surface area contributed by atoms with E-state index in [1.807, 2.05) is 32.0 Å². The number of aliphatic imine (C=N–C) groups is 1. The van der Waals surface area contributed by atoms with E-state index in [1.165, 1.54) is 0 Å². The average Bonchev–Trinajstić information content (AvgIpc) is 2.69. The Kier molecular flexibility index (Phi) is 9.20. The van der Waals surface area contributed by atoms with Gasteiger partial charge in [-0.25, -0.2) is 12.7 Å². The minimum Gasteiger partial charge on any atom is -0.493 e. The second-order valence-corrected chi connectivity index (χ2v) is 9.32. The lowest BCUT2D eigenvalue weighted by Crippen LogP contribution is -2.40. The molecule has 0 spiro atoms.